The predicted octanol–water partition coefficient (Wildman–Crippen LogP) is 2.80. The van der Waals surface area contributed by atoms with Crippen LogP contribution in [0.3, 0.4) is 0 Å². The fraction of sp³-hybridized carbons (Fsp3) is 0.500. The molecule has 2 heterocycles. The van der Waals surface area contributed by atoms with Crippen LogP contribution in [0.1, 0.15) is 29.6 Å². The molecule has 5 heteroatoms. The maximum atomic E-state index is 11.0. The van der Waals surface area contributed by atoms with Crippen LogP contribution >= 0.6 is 15.9 Å². The van der Waals surface area contributed by atoms with Gasteiger partial charge in [0.25, 0.3) is 0 Å². The fourth-order valence-electron chi connectivity index (χ4n) is 3.24. The van der Waals surface area contributed by atoms with Gasteiger partial charge < -0.3 is 10.4 Å². The predicted molar refractivity (Wildman–Crippen MR) is 77.7 cm³/mol. The lowest BCUT2D eigenvalue weighted by molar-refractivity contribution is 0.0696. The Hall–Kier alpha value is -1.07. The number of carbonyl (C=O) groups is 1. The van der Waals surface area contributed by atoms with Gasteiger partial charge >= 0.3 is 5.97 Å². The first-order valence-corrected chi connectivity index (χ1v) is 7.48. The smallest absolute Gasteiger partial charge is 0.336 e. The third kappa shape index (κ3) is 2.49. The van der Waals surface area contributed by atoms with Gasteiger partial charge in [-0.1, -0.05) is 0 Å². The molecule has 2 saturated heterocycles. The molecule has 0 spiro atoms. The number of anilines is 1. The number of carboxylic acids is 1. The van der Waals surface area contributed by atoms with Gasteiger partial charge in [-0.2, -0.15) is 0 Å². The molecule has 102 valence electrons. The summed E-state index contributed by atoms with van der Waals surface area (Å²) in [4.78, 5) is 13.5. The second-order valence-corrected chi connectivity index (χ2v) is 6.14. The Bertz CT molecular complexity index is 506. The summed E-state index contributed by atoms with van der Waals surface area (Å²) in [5.41, 5.74) is 1.30. The molecule has 0 aliphatic carbocycles. The molecule has 2 fully saturated rings. The zero-order valence-electron chi connectivity index (χ0n) is 10.6. The zero-order valence-corrected chi connectivity index (χ0v) is 12.2. The number of carboxylic acid groups (broad SMARTS) is 1. The number of nitrogens with one attached hydrogen (secondary N) is 1. The quantitative estimate of drug-likeness (QED) is 0.897. The number of hydrogen-bond donors (Lipinski definition) is 2. The lowest BCUT2D eigenvalue weighted by atomic mass is 10.1. The van der Waals surface area contributed by atoms with Crippen LogP contribution in [-0.2, 0) is 0 Å². The first kappa shape index (κ1) is 12.9. The van der Waals surface area contributed by atoms with Crippen LogP contribution in [0.2, 0.25) is 0 Å². The molecular formula is C14H17BrN2O2. The number of rotatable bonds is 3. The van der Waals surface area contributed by atoms with Gasteiger partial charge in [0.1, 0.15) is 0 Å². The van der Waals surface area contributed by atoms with Gasteiger partial charge in [-0.25, -0.2) is 4.79 Å². The lowest BCUT2D eigenvalue weighted by Gasteiger charge is -2.22. The van der Waals surface area contributed by atoms with Crippen LogP contribution in [0, 0.1) is 0 Å². The van der Waals surface area contributed by atoms with Crippen molar-refractivity contribution >= 4 is 27.6 Å². The summed E-state index contributed by atoms with van der Waals surface area (Å²) in [5, 5.41) is 12.6. The minimum atomic E-state index is -0.902. The highest BCUT2D eigenvalue weighted by molar-refractivity contribution is 9.10. The van der Waals surface area contributed by atoms with E-state index < -0.39 is 5.97 Å². The Kier molecular flexibility index (Phi) is 3.50. The Morgan fingerprint density at radius 3 is 2.95 bits per heavy atom. The number of fused-ring (bicyclic) bond motifs is 1. The number of halogens is 1. The van der Waals surface area contributed by atoms with E-state index >= 15 is 0 Å². The van der Waals surface area contributed by atoms with E-state index in [0.29, 0.717) is 22.1 Å². The molecule has 4 nitrogen and oxygen atoms in total. The Morgan fingerprint density at radius 1 is 1.37 bits per heavy atom. The Balaban J connectivity index is 1.73. The van der Waals surface area contributed by atoms with E-state index in [1.165, 1.54) is 32.4 Å². The van der Waals surface area contributed by atoms with Crippen molar-refractivity contribution < 1.29 is 9.90 Å². The first-order chi connectivity index (χ1) is 9.15. The monoisotopic (exact) mass is 324 g/mol. The van der Waals surface area contributed by atoms with E-state index in [-0.39, 0.29) is 0 Å². The summed E-state index contributed by atoms with van der Waals surface area (Å²) in [6.07, 6.45) is 3.74. The molecule has 0 aromatic heterocycles. The van der Waals surface area contributed by atoms with Crippen LogP contribution in [0.4, 0.5) is 5.69 Å². The summed E-state index contributed by atoms with van der Waals surface area (Å²) in [5.74, 6) is -0.902. The van der Waals surface area contributed by atoms with Crippen molar-refractivity contribution in [1.82, 2.24) is 4.90 Å². The van der Waals surface area contributed by atoms with Crippen molar-refractivity contribution in [3.63, 3.8) is 0 Å². The molecule has 2 aliphatic heterocycles. The molecule has 1 aromatic rings. The van der Waals surface area contributed by atoms with E-state index in [2.05, 4.69) is 26.1 Å². The minimum absolute atomic E-state index is 0.305. The summed E-state index contributed by atoms with van der Waals surface area (Å²) in [6, 6.07) is 6.51. The van der Waals surface area contributed by atoms with Gasteiger partial charge in [0, 0.05) is 28.8 Å². The highest BCUT2D eigenvalue weighted by atomic mass is 79.9. The van der Waals surface area contributed by atoms with Crippen molar-refractivity contribution in [3.05, 3.63) is 28.2 Å². The van der Waals surface area contributed by atoms with Crippen molar-refractivity contribution in [2.75, 3.05) is 18.4 Å². The summed E-state index contributed by atoms with van der Waals surface area (Å²) in [7, 11) is 0. The van der Waals surface area contributed by atoms with Crippen LogP contribution in [0.25, 0.3) is 0 Å². The average Bonchev–Trinajstić information content (AvgIpc) is 2.94. The molecule has 2 atom stereocenters. The van der Waals surface area contributed by atoms with Gasteiger partial charge in [0.2, 0.25) is 0 Å². The minimum Gasteiger partial charge on any atom is -0.478 e. The van der Waals surface area contributed by atoms with Crippen molar-refractivity contribution in [2.24, 2.45) is 0 Å². The maximum absolute atomic E-state index is 11.0. The van der Waals surface area contributed by atoms with E-state index in [4.69, 9.17) is 5.11 Å². The van der Waals surface area contributed by atoms with Crippen LogP contribution in [0.5, 0.6) is 0 Å². The first-order valence-electron chi connectivity index (χ1n) is 6.68. The molecule has 2 unspecified atom stereocenters. The molecule has 19 heavy (non-hydrogen) atoms. The molecule has 0 amide bonds. The third-order valence-corrected chi connectivity index (χ3v) is 4.81. The second-order valence-electron chi connectivity index (χ2n) is 5.28. The van der Waals surface area contributed by atoms with Gasteiger partial charge in [0.15, 0.2) is 0 Å². The molecule has 0 bridgehead atoms. The fourth-order valence-corrected chi connectivity index (χ4v) is 3.79. The standard InChI is InChI=1S/C14H17BrN2O2/c15-11-8-9(3-4-10(11)14(18)19)16-12-5-7-17-6-1-2-13(12)17/h3-4,8,12-13,16H,1-2,5-7H2,(H,18,19). The van der Waals surface area contributed by atoms with E-state index in [1.807, 2.05) is 12.1 Å². The zero-order chi connectivity index (χ0) is 13.4. The van der Waals surface area contributed by atoms with E-state index in [9.17, 15) is 4.79 Å². The topological polar surface area (TPSA) is 52.6 Å². The summed E-state index contributed by atoms with van der Waals surface area (Å²) < 4.78 is 0.631. The summed E-state index contributed by atoms with van der Waals surface area (Å²) in [6.45, 7) is 2.40. The largest absolute Gasteiger partial charge is 0.478 e. The molecule has 0 saturated carbocycles. The number of nitrogens with zero attached hydrogens (tertiary/aromatic N) is 1. The van der Waals surface area contributed by atoms with Crippen LogP contribution in [-0.4, -0.2) is 41.1 Å². The normalized spacial score (nSPS) is 26.4. The molecule has 2 N–H and O–H groups in total. The van der Waals surface area contributed by atoms with E-state index in [1.54, 1.807) is 6.07 Å². The van der Waals surface area contributed by atoms with Crippen molar-refractivity contribution in [1.29, 1.82) is 0 Å². The van der Waals surface area contributed by atoms with Gasteiger partial charge in [-0.15, -0.1) is 0 Å². The number of benzene rings is 1. The van der Waals surface area contributed by atoms with Crippen LogP contribution in [0.15, 0.2) is 22.7 Å². The van der Waals surface area contributed by atoms with Gasteiger partial charge in [-0.3, -0.25) is 4.90 Å². The molecular weight excluding hydrogens is 308 g/mol. The van der Waals surface area contributed by atoms with Crippen molar-refractivity contribution in [3.8, 4) is 0 Å². The molecule has 3 rings (SSSR count). The van der Waals surface area contributed by atoms with Crippen molar-refractivity contribution in [2.45, 2.75) is 31.3 Å². The number of aromatic carboxylic acids is 1. The average molecular weight is 325 g/mol. The SMILES string of the molecule is O=C(O)c1ccc(NC2CCN3CCCC23)cc1Br. The Labute approximate surface area is 120 Å². The van der Waals surface area contributed by atoms with Crippen LogP contribution < -0.4 is 5.32 Å². The second kappa shape index (κ2) is 5.13. The molecule has 1 aromatic carbocycles. The number of hydrogen-bond acceptors (Lipinski definition) is 3. The maximum Gasteiger partial charge on any atom is 0.336 e. The van der Waals surface area contributed by atoms with Gasteiger partial charge in [0.05, 0.1) is 5.56 Å². The van der Waals surface area contributed by atoms with E-state index in [0.717, 1.165) is 5.69 Å². The third-order valence-electron chi connectivity index (χ3n) is 4.16. The van der Waals surface area contributed by atoms with Gasteiger partial charge in [-0.05, 0) is 59.9 Å². The molecule has 2 aliphatic rings. The molecule has 0 radical (unpaired) electrons. The highest BCUT2D eigenvalue weighted by Crippen LogP contribution is 2.31. The summed E-state index contributed by atoms with van der Waals surface area (Å²) >= 11 is 3.32. The highest BCUT2D eigenvalue weighted by Gasteiger charge is 2.36. The Morgan fingerprint density at radius 2 is 2.21 bits per heavy atom. The lowest BCUT2D eigenvalue weighted by Crippen LogP contribution is -2.33.